The fourth-order valence-corrected chi connectivity index (χ4v) is 5.95. The minimum atomic E-state index is -0.351. The summed E-state index contributed by atoms with van der Waals surface area (Å²) in [6.07, 6.45) is 9.78. The predicted molar refractivity (Wildman–Crippen MR) is 189 cm³/mol. The number of likely N-dealkylation sites (N-methyl/N-ethyl adjacent to an activating group) is 2. The summed E-state index contributed by atoms with van der Waals surface area (Å²) in [6.45, 7) is 1.41. The first-order valence-corrected chi connectivity index (χ1v) is 16.8. The van der Waals surface area contributed by atoms with E-state index < -0.39 is 0 Å². The fraction of sp³-hybridized carbons (Fsp3) is 0.316. The van der Waals surface area contributed by atoms with Gasteiger partial charge >= 0.3 is 0 Å². The number of hydrogen-bond donors (Lipinski definition) is 3. The van der Waals surface area contributed by atoms with Gasteiger partial charge in [0, 0.05) is 51.2 Å². The average molecular weight is 662 g/mol. The van der Waals surface area contributed by atoms with Crippen LogP contribution in [-0.2, 0) is 22.4 Å². The highest BCUT2D eigenvalue weighted by atomic mass is 16.6. The predicted octanol–water partition coefficient (Wildman–Crippen LogP) is 6.52. The van der Waals surface area contributed by atoms with Crippen LogP contribution in [-0.4, -0.2) is 76.3 Å². The van der Waals surface area contributed by atoms with Gasteiger partial charge in [-0.2, -0.15) is 0 Å². The number of fused-ring (bicyclic) bond motifs is 2. The number of carbonyl (C=O) groups is 2. The molecule has 3 aromatic carbocycles. The SMILES string of the molecule is CNC(C(=O)N(C)CCCCc1ncc(-c2ccc3c(c2)Oc2ccc(-c4cnc(CCCCN(C)C=O)[nH]4)cc2O3)[nH]1)c1ccccc1. The Bertz CT molecular complexity index is 1870. The molecule has 0 bridgehead atoms. The van der Waals surface area contributed by atoms with Gasteiger partial charge in [0.2, 0.25) is 12.3 Å². The molecule has 0 radical (unpaired) electrons. The van der Waals surface area contributed by atoms with Crippen LogP contribution in [0.2, 0.25) is 0 Å². The van der Waals surface area contributed by atoms with Crippen LogP contribution in [0.1, 0.15) is 48.9 Å². The Morgan fingerprint density at radius 1 is 0.776 bits per heavy atom. The summed E-state index contributed by atoms with van der Waals surface area (Å²) in [7, 11) is 5.46. The summed E-state index contributed by atoms with van der Waals surface area (Å²) in [5, 5.41) is 3.14. The summed E-state index contributed by atoms with van der Waals surface area (Å²) >= 11 is 0. The molecule has 1 unspecified atom stereocenters. The zero-order chi connectivity index (χ0) is 34.2. The van der Waals surface area contributed by atoms with Crippen molar-refractivity contribution in [2.45, 2.75) is 44.6 Å². The lowest BCUT2D eigenvalue weighted by molar-refractivity contribution is -0.132. The Kier molecular flexibility index (Phi) is 10.7. The summed E-state index contributed by atoms with van der Waals surface area (Å²) in [6, 6.07) is 21.2. The van der Waals surface area contributed by atoms with E-state index in [2.05, 4.69) is 25.3 Å². The van der Waals surface area contributed by atoms with Crippen LogP contribution in [0.3, 0.4) is 0 Å². The molecular weight excluding hydrogens is 618 g/mol. The molecule has 49 heavy (non-hydrogen) atoms. The first kappa shape index (κ1) is 33.5. The molecule has 0 aliphatic carbocycles. The number of amides is 2. The monoisotopic (exact) mass is 661 g/mol. The van der Waals surface area contributed by atoms with Gasteiger partial charge in [0.15, 0.2) is 23.0 Å². The number of ether oxygens (including phenoxy) is 2. The molecule has 3 heterocycles. The van der Waals surface area contributed by atoms with Crippen molar-refractivity contribution in [3.8, 4) is 45.5 Å². The van der Waals surface area contributed by atoms with Crippen LogP contribution in [0.15, 0.2) is 79.1 Å². The largest absolute Gasteiger partial charge is 0.449 e. The first-order chi connectivity index (χ1) is 23.9. The number of rotatable bonds is 16. The number of aryl methyl sites for hydroxylation is 2. The van der Waals surface area contributed by atoms with Gasteiger partial charge < -0.3 is 34.6 Å². The van der Waals surface area contributed by atoms with E-state index in [1.807, 2.05) is 93.2 Å². The Hall–Kier alpha value is -5.42. The average Bonchev–Trinajstić information content (AvgIpc) is 3.81. The molecule has 6 rings (SSSR count). The Labute approximate surface area is 286 Å². The zero-order valence-corrected chi connectivity index (χ0v) is 28.2. The fourth-order valence-electron chi connectivity index (χ4n) is 5.95. The second kappa shape index (κ2) is 15.7. The van der Waals surface area contributed by atoms with Crippen LogP contribution < -0.4 is 14.8 Å². The summed E-state index contributed by atoms with van der Waals surface area (Å²) in [5.74, 6) is 4.45. The number of aromatic amines is 2. The number of nitrogens with zero attached hydrogens (tertiary/aromatic N) is 4. The van der Waals surface area contributed by atoms with Crippen LogP contribution >= 0.6 is 0 Å². The smallest absolute Gasteiger partial charge is 0.244 e. The van der Waals surface area contributed by atoms with Crippen molar-refractivity contribution >= 4 is 12.3 Å². The zero-order valence-electron chi connectivity index (χ0n) is 28.2. The molecule has 2 aromatic heterocycles. The molecule has 3 N–H and O–H groups in total. The number of aromatic nitrogens is 4. The van der Waals surface area contributed by atoms with E-state index in [0.29, 0.717) is 29.5 Å². The number of unbranched alkanes of at least 4 members (excludes halogenated alkanes) is 2. The molecule has 0 fully saturated rings. The van der Waals surface area contributed by atoms with Gasteiger partial charge in [0.05, 0.1) is 23.8 Å². The van der Waals surface area contributed by atoms with E-state index in [-0.39, 0.29) is 11.9 Å². The molecule has 0 saturated carbocycles. The van der Waals surface area contributed by atoms with Crippen LogP contribution in [0.4, 0.5) is 0 Å². The van der Waals surface area contributed by atoms with Gasteiger partial charge in [-0.3, -0.25) is 9.59 Å². The van der Waals surface area contributed by atoms with Gasteiger partial charge in [-0.05, 0) is 74.7 Å². The van der Waals surface area contributed by atoms with Gasteiger partial charge in [-0.15, -0.1) is 0 Å². The first-order valence-electron chi connectivity index (χ1n) is 16.8. The molecule has 5 aromatic rings. The maximum atomic E-state index is 13.0. The van der Waals surface area contributed by atoms with Crippen molar-refractivity contribution in [2.75, 3.05) is 34.2 Å². The quantitative estimate of drug-likeness (QED) is 0.0796. The molecule has 254 valence electrons. The summed E-state index contributed by atoms with van der Waals surface area (Å²) in [4.78, 5) is 43.2. The van der Waals surface area contributed by atoms with Crippen molar-refractivity contribution in [3.63, 3.8) is 0 Å². The van der Waals surface area contributed by atoms with Gasteiger partial charge in [0.25, 0.3) is 0 Å². The van der Waals surface area contributed by atoms with E-state index in [1.54, 1.807) is 16.8 Å². The van der Waals surface area contributed by atoms with Gasteiger partial charge in [0.1, 0.15) is 17.7 Å². The van der Waals surface area contributed by atoms with Gasteiger partial charge in [-0.25, -0.2) is 9.97 Å². The second-order valence-corrected chi connectivity index (χ2v) is 12.4. The molecule has 1 aliphatic rings. The topological polar surface area (TPSA) is 128 Å². The third-order valence-corrected chi connectivity index (χ3v) is 8.76. The van der Waals surface area contributed by atoms with Crippen molar-refractivity contribution < 1.29 is 19.1 Å². The van der Waals surface area contributed by atoms with Crippen molar-refractivity contribution in [2.24, 2.45) is 0 Å². The van der Waals surface area contributed by atoms with Crippen LogP contribution in [0.5, 0.6) is 23.0 Å². The lowest BCUT2D eigenvalue weighted by Crippen LogP contribution is -2.38. The maximum absolute atomic E-state index is 13.0. The summed E-state index contributed by atoms with van der Waals surface area (Å²) in [5.41, 5.74) is 4.69. The molecule has 0 spiro atoms. The van der Waals surface area contributed by atoms with Crippen LogP contribution in [0.25, 0.3) is 22.5 Å². The number of benzene rings is 3. The lowest BCUT2D eigenvalue weighted by atomic mass is 10.1. The molecule has 11 nitrogen and oxygen atoms in total. The van der Waals surface area contributed by atoms with E-state index >= 15 is 0 Å². The van der Waals surface area contributed by atoms with E-state index in [1.165, 1.54) is 0 Å². The van der Waals surface area contributed by atoms with Crippen LogP contribution in [0, 0.1) is 0 Å². The Balaban J connectivity index is 1.00. The van der Waals surface area contributed by atoms with E-state index in [0.717, 1.165) is 91.2 Å². The highest BCUT2D eigenvalue weighted by molar-refractivity contribution is 5.83. The van der Waals surface area contributed by atoms with Crippen molar-refractivity contribution in [1.82, 2.24) is 35.1 Å². The number of H-pyrrole nitrogens is 2. The Morgan fingerprint density at radius 3 is 1.86 bits per heavy atom. The second-order valence-electron chi connectivity index (χ2n) is 12.4. The Morgan fingerprint density at radius 2 is 1.33 bits per heavy atom. The lowest BCUT2D eigenvalue weighted by Gasteiger charge is -2.23. The number of imidazole rings is 2. The van der Waals surface area contributed by atoms with Gasteiger partial charge in [-0.1, -0.05) is 30.3 Å². The maximum Gasteiger partial charge on any atom is 0.244 e. The normalized spacial score (nSPS) is 12.3. The molecule has 11 heteroatoms. The van der Waals surface area contributed by atoms with E-state index in [4.69, 9.17) is 9.47 Å². The molecule has 1 atom stereocenters. The van der Waals surface area contributed by atoms with Crippen molar-refractivity contribution in [3.05, 3.63) is 96.3 Å². The minimum Gasteiger partial charge on any atom is -0.449 e. The van der Waals surface area contributed by atoms with Crippen molar-refractivity contribution in [1.29, 1.82) is 0 Å². The third-order valence-electron chi connectivity index (χ3n) is 8.76. The summed E-state index contributed by atoms with van der Waals surface area (Å²) < 4.78 is 12.5. The highest BCUT2D eigenvalue weighted by Gasteiger charge is 2.23. The number of carbonyl (C=O) groups excluding carboxylic acids is 2. The highest BCUT2D eigenvalue weighted by Crippen LogP contribution is 2.47. The standard InChI is InChI=1S/C38H43N7O4/c1-39-37(26-11-5-4-6-12-26)38(47)45(3)20-10-8-14-36-41-24-30(43-36)28-16-18-32-34(22-28)49-31-17-15-27(21-33(31)48-32)29-23-40-35(42-29)13-7-9-19-44(2)25-46/h4-6,11-12,15-18,21-25,37,39H,7-10,13-14,19-20H2,1-3H3,(H,40,42)(H,41,43). The third kappa shape index (κ3) is 8.18. The number of nitrogens with one attached hydrogen (secondary N) is 3. The minimum absolute atomic E-state index is 0.0614. The molecular formula is C38H43N7O4. The molecule has 2 amide bonds. The molecule has 0 saturated heterocycles. The number of hydrogen-bond acceptors (Lipinski definition) is 7. The molecule has 1 aliphatic heterocycles. The van der Waals surface area contributed by atoms with E-state index in [9.17, 15) is 9.59 Å².